The van der Waals surface area contributed by atoms with Crippen molar-refractivity contribution < 1.29 is 9.53 Å². The Kier molecular flexibility index (Phi) is 5.29. The SMILES string of the molecule is COC(=O)c1cccc(/C=C/c2ccc3[nH]nc(/C=C/c4cccnc4)c3c2)c1. The number of pyridine rings is 1. The van der Waals surface area contributed by atoms with E-state index in [-0.39, 0.29) is 5.97 Å². The van der Waals surface area contributed by atoms with Crippen molar-refractivity contribution in [3.8, 4) is 0 Å². The molecule has 0 atom stereocenters. The smallest absolute Gasteiger partial charge is 0.337 e. The maximum Gasteiger partial charge on any atom is 0.337 e. The Morgan fingerprint density at radius 3 is 2.52 bits per heavy atom. The van der Waals surface area contributed by atoms with E-state index in [1.165, 1.54) is 7.11 Å². The first kappa shape index (κ1) is 18.4. The predicted octanol–water partition coefficient (Wildman–Crippen LogP) is 5.09. The minimum absolute atomic E-state index is 0.342. The van der Waals surface area contributed by atoms with Gasteiger partial charge in [0.25, 0.3) is 0 Å². The third kappa shape index (κ3) is 4.30. The van der Waals surface area contributed by atoms with Crippen LogP contribution < -0.4 is 0 Å². The molecule has 2 aromatic heterocycles. The van der Waals surface area contributed by atoms with Crippen molar-refractivity contribution in [3.05, 3.63) is 94.9 Å². The molecule has 2 heterocycles. The third-order valence-electron chi connectivity index (χ3n) is 4.51. The first-order valence-electron chi connectivity index (χ1n) is 9.15. The average Bonchev–Trinajstić information content (AvgIpc) is 3.19. The van der Waals surface area contributed by atoms with Crippen molar-refractivity contribution in [1.29, 1.82) is 0 Å². The van der Waals surface area contributed by atoms with E-state index in [4.69, 9.17) is 4.74 Å². The molecule has 1 N–H and O–H groups in total. The van der Waals surface area contributed by atoms with Crippen LogP contribution in [0.2, 0.25) is 0 Å². The number of aromatic amines is 1. The van der Waals surface area contributed by atoms with Crippen molar-refractivity contribution in [3.63, 3.8) is 0 Å². The number of H-pyrrole nitrogens is 1. The van der Waals surface area contributed by atoms with E-state index >= 15 is 0 Å². The molecule has 5 heteroatoms. The van der Waals surface area contributed by atoms with Gasteiger partial charge in [0.15, 0.2) is 0 Å². The van der Waals surface area contributed by atoms with Crippen molar-refractivity contribution in [2.75, 3.05) is 7.11 Å². The molecule has 0 radical (unpaired) electrons. The number of nitrogens with one attached hydrogen (secondary N) is 1. The lowest BCUT2D eigenvalue weighted by Crippen LogP contribution is -2.00. The molecule has 0 aliphatic rings. The first-order valence-corrected chi connectivity index (χ1v) is 9.15. The Balaban J connectivity index is 1.60. The molecule has 2 aromatic carbocycles. The molecular formula is C24H19N3O2. The summed E-state index contributed by atoms with van der Waals surface area (Å²) < 4.78 is 4.78. The summed E-state index contributed by atoms with van der Waals surface area (Å²) in [5.41, 5.74) is 5.36. The van der Waals surface area contributed by atoms with Gasteiger partial charge in [-0.2, -0.15) is 5.10 Å². The zero-order chi connectivity index (χ0) is 20.1. The number of benzene rings is 2. The van der Waals surface area contributed by atoms with E-state index in [2.05, 4.69) is 21.2 Å². The van der Waals surface area contributed by atoms with E-state index < -0.39 is 0 Å². The van der Waals surface area contributed by atoms with Crippen LogP contribution in [0.4, 0.5) is 0 Å². The quantitative estimate of drug-likeness (QED) is 0.386. The van der Waals surface area contributed by atoms with Crippen LogP contribution >= 0.6 is 0 Å². The summed E-state index contributed by atoms with van der Waals surface area (Å²) in [6.45, 7) is 0. The largest absolute Gasteiger partial charge is 0.465 e. The lowest BCUT2D eigenvalue weighted by molar-refractivity contribution is 0.0600. The Bertz CT molecular complexity index is 1210. The first-order chi connectivity index (χ1) is 14.2. The van der Waals surface area contributed by atoms with Crippen LogP contribution in [0.15, 0.2) is 67.0 Å². The van der Waals surface area contributed by atoms with Gasteiger partial charge >= 0.3 is 5.97 Å². The van der Waals surface area contributed by atoms with Crippen LogP contribution in [0, 0.1) is 0 Å². The fourth-order valence-corrected chi connectivity index (χ4v) is 3.01. The monoisotopic (exact) mass is 381 g/mol. The van der Waals surface area contributed by atoms with Gasteiger partial charge in [0.05, 0.1) is 23.9 Å². The summed E-state index contributed by atoms with van der Waals surface area (Å²) >= 11 is 0. The second-order valence-corrected chi connectivity index (χ2v) is 6.48. The van der Waals surface area contributed by atoms with Crippen LogP contribution in [-0.2, 0) is 4.74 Å². The molecule has 0 saturated heterocycles. The highest BCUT2D eigenvalue weighted by Gasteiger charge is 2.05. The van der Waals surface area contributed by atoms with E-state index in [9.17, 15) is 4.79 Å². The lowest BCUT2D eigenvalue weighted by Gasteiger charge is -2.00. The van der Waals surface area contributed by atoms with Crippen molar-refractivity contribution in [2.24, 2.45) is 0 Å². The number of aromatic nitrogens is 3. The Morgan fingerprint density at radius 2 is 1.72 bits per heavy atom. The summed E-state index contributed by atoms with van der Waals surface area (Å²) in [4.78, 5) is 15.8. The van der Waals surface area contributed by atoms with Gasteiger partial charge < -0.3 is 4.74 Å². The van der Waals surface area contributed by atoms with E-state index in [0.717, 1.165) is 33.3 Å². The number of carbonyl (C=O) groups is 1. The van der Waals surface area contributed by atoms with Gasteiger partial charge in [-0.1, -0.05) is 42.5 Å². The molecule has 0 unspecified atom stereocenters. The Morgan fingerprint density at radius 1 is 0.931 bits per heavy atom. The van der Waals surface area contributed by atoms with E-state index in [1.54, 1.807) is 18.3 Å². The fraction of sp³-hybridized carbons (Fsp3) is 0.0417. The molecular weight excluding hydrogens is 362 g/mol. The Hall–Kier alpha value is -3.99. The highest BCUT2D eigenvalue weighted by Crippen LogP contribution is 2.21. The van der Waals surface area contributed by atoms with Gasteiger partial charge in [-0.15, -0.1) is 0 Å². The number of ether oxygens (including phenoxy) is 1. The summed E-state index contributed by atoms with van der Waals surface area (Å²) in [6, 6.07) is 17.3. The molecule has 0 saturated carbocycles. The van der Waals surface area contributed by atoms with Crippen LogP contribution in [0.25, 0.3) is 35.2 Å². The summed E-state index contributed by atoms with van der Waals surface area (Å²) in [7, 11) is 1.38. The van der Waals surface area contributed by atoms with E-state index in [0.29, 0.717) is 5.56 Å². The molecule has 29 heavy (non-hydrogen) atoms. The van der Waals surface area contributed by atoms with Crippen LogP contribution in [-0.4, -0.2) is 28.3 Å². The summed E-state index contributed by atoms with van der Waals surface area (Å²) in [6.07, 6.45) is 11.5. The standard InChI is InChI=1S/C24H19N3O2/c1-29-24(28)20-6-2-4-17(14-20)7-8-18-9-11-22-21(15-18)23(27-26-22)12-10-19-5-3-13-25-16-19/h2-16H,1H3,(H,26,27)/b8-7+,12-10+. The van der Waals surface area contributed by atoms with Crippen molar-refractivity contribution >= 4 is 41.2 Å². The molecule has 5 nitrogen and oxygen atoms in total. The van der Waals surface area contributed by atoms with Gasteiger partial charge in [0.1, 0.15) is 0 Å². The number of esters is 1. The minimum atomic E-state index is -0.342. The maximum atomic E-state index is 11.7. The van der Waals surface area contributed by atoms with Gasteiger partial charge in [-0.05, 0) is 53.1 Å². The number of hydrogen-bond donors (Lipinski definition) is 1. The van der Waals surface area contributed by atoms with Gasteiger partial charge in [0.2, 0.25) is 0 Å². The van der Waals surface area contributed by atoms with Crippen LogP contribution in [0.1, 0.15) is 32.7 Å². The second kappa shape index (κ2) is 8.35. The molecule has 4 rings (SSSR count). The molecule has 0 aliphatic heterocycles. The molecule has 0 spiro atoms. The number of nitrogens with zero attached hydrogens (tertiary/aromatic N) is 2. The van der Waals surface area contributed by atoms with Gasteiger partial charge in [-0.25, -0.2) is 4.79 Å². The molecule has 0 amide bonds. The molecule has 0 fully saturated rings. The lowest BCUT2D eigenvalue weighted by atomic mass is 10.1. The number of carbonyl (C=O) groups excluding carboxylic acids is 1. The fourth-order valence-electron chi connectivity index (χ4n) is 3.01. The highest BCUT2D eigenvalue weighted by molar-refractivity contribution is 5.92. The Labute approximate surface area is 168 Å². The molecule has 0 aliphatic carbocycles. The summed E-state index contributed by atoms with van der Waals surface area (Å²) in [5.74, 6) is -0.342. The minimum Gasteiger partial charge on any atom is -0.465 e. The predicted molar refractivity (Wildman–Crippen MR) is 116 cm³/mol. The normalized spacial score (nSPS) is 11.5. The maximum absolute atomic E-state index is 11.7. The van der Waals surface area contributed by atoms with Crippen molar-refractivity contribution in [1.82, 2.24) is 15.2 Å². The van der Waals surface area contributed by atoms with Gasteiger partial charge in [0, 0.05) is 17.8 Å². The zero-order valence-corrected chi connectivity index (χ0v) is 15.9. The number of hydrogen-bond acceptors (Lipinski definition) is 4. The topological polar surface area (TPSA) is 67.9 Å². The number of methoxy groups -OCH3 is 1. The number of rotatable bonds is 5. The van der Waals surface area contributed by atoms with Crippen LogP contribution in [0.3, 0.4) is 0 Å². The van der Waals surface area contributed by atoms with Crippen molar-refractivity contribution in [2.45, 2.75) is 0 Å². The van der Waals surface area contributed by atoms with Gasteiger partial charge in [-0.3, -0.25) is 10.1 Å². The van der Waals surface area contributed by atoms with Crippen LogP contribution in [0.5, 0.6) is 0 Å². The molecule has 0 bridgehead atoms. The molecule has 142 valence electrons. The molecule has 4 aromatic rings. The number of fused-ring (bicyclic) bond motifs is 1. The third-order valence-corrected chi connectivity index (χ3v) is 4.51. The highest BCUT2D eigenvalue weighted by atomic mass is 16.5. The second-order valence-electron chi connectivity index (χ2n) is 6.48. The van der Waals surface area contributed by atoms with E-state index in [1.807, 2.05) is 66.9 Å². The average molecular weight is 381 g/mol. The summed E-state index contributed by atoms with van der Waals surface area (Å²) in [5, 5.41) is 8.50. The zero-order valence-electron chi connectivity index (χ0n) is 15.9.